The van der Waals surface area contributed by atoms with Gasteiger partial charge >= 0.3 is 5.97 Å². The highest BCUT2D eigenvalue weighted by Crippen LogP contribution is 2.35. The Balaban J connectivity index is 3.78. The summed E-state index contributed by atoms with van der Waals surface area (Å²) in [6.45, 7) is 0. The number of aromatic hydroxyl groups is 1. The lowest BCUT2D eigenvalue weighted by Gasteiger charge is -2.07. The Kier molecular flexibility index (Phi) is 3.32. The van der Waals surface area contributed by atoms with E-state index in [1.54, 1.807) is 0 Å². The molecular weight excluding hydrogens is 286 g/mol. The number of carbonyl (C=O) groups is 1. The van der Waals surface area contributed by atoms with Crippen LogP contribution in [-0.4, -0.2) is 24.6 Å². The molecule has 0 heterocycles. The number of phenols is 1. The normalized spacial score (nSPS) is 11.4. The largest absolute Gasteiger partial charge is 0.504 e. The van der Waals surface area contributed by atoms with Gasteiger partial charge < -0.3 is 10.2 Å². The van der Waals surface area contributed by atoms with Crippen LogP contribution in [0.4, 0.5) is 4.39 Å². The van der Waals surface area contributed by atoms with Crippen LogP contribution in [0.25, 0.3) is 0 Å². The van der Waals surface area contributed by atoms with Crippen LogP contribution in [0.1, 0.15) is 10.4 Å². The van der Waals surface area contributed by atoms with E-state index in [2.05, 4.69) is 0 Å². The van der Waals surface area contributed by atoms with Gasteiger partial charge in [-0.3, -0.25) is 0 Å². The monoisotopic (exact) mass is 288 g/mol. The molecule has 0 spiro atoms. The van der Waals surface area contributed by atoms with Crippen LogP contribution >= 0.6 is 22.3 Å². The summed E-state index contributed by atoms with van der Waals surface area (Å²) in [6, 6.07) is 0.340. The van der Waals surface area contributed by atoms with Crippen LogP contribution < -0.4 is 0 Å². The number of hydrogen-bond donors (Lipinski definition) is 2. The van der Waals surface area contributed by atoms with Crippen molar-refractivity contribution in [2.24, 2.45) is 0 Å². The zero-order chi connectivity index (χ0) is 12.7. The van der Waals surface area contributed by atoms with Gasteiger partial charge in [-0.1, -0.05) is 11.6 Å². The highest BCUT2D eigenvalue weighted by Gasteiger charge is 2.27. The van der Waals surface area contributed by atoms with E-state index in [9.17, 15) is 17.6 Å². The van der Waals surface area contributed by atoms with Crippen LogP contribution in [0.2, 0.25) is 5.02 Å². The van der Waals surface area contributed by atoms with Crippen molar-refractivity contribution in [2.75, 3.05) is 0 Å². The van der Waals surface area contributed by atoms with E-state index in [1.807, 2.05) is 0 Å². The molecule has 88 valence electrons. The van der Waals surface area contributed by atoms with Crippen molar-refractivity contribution in [3.8, 4) is 5.75 Å². The lowest BCUT2D eigenvalue weighted by atomic mass is 10.2. The standard InChI is InChI=1S/C7H3Cl2FO5S/c8-5-3(16(9,14)15)1-2(10)6(11)4(5)7(12)13/h1,11H,(H,12,13). The molecule has 0 bridgehead atoms. The summed E-state index contributed by atoms with van der Waals surface area (Å²) >= 11 is 5.39. The van der Waals surface area contributed by atoms with E-state index in [1.165, 1.54) is 0 Å². The molecule has 0 amide bonds. The second kappa shape index (κ2) is 4.08. The zero-order valence-electron chi connectivity index (χ0n) is 7.24. The third-order valence-electron chi connectivity index (χ3n) is 1.63. The molecule has 5 nitrogen and oxygen atoms in total. The summed E-state index contributed by atoms with van der Waals surface area (Å²) in [7, 11) is 0.508. The van der Waals surface area contributed by atoms with E-state index >= 15 is 0 Å². The van der Waals surface area contributed by atoms with Crippen LogP contribution in [0, 0.1) is 5.82 Å². The van der Waals surface area contributed by atoms with Gasteiger partial charge in [-0.2, -0.15) is 0 Å². The lowest BCUT2D eigenvalue weighted by molar-refractivity contribution is 0.0692. The van der Waals surface area contributed by atoms with Gasteiger partial charge in [0.25, 0.3) is 9.05 Å². The fourth-order valence-corrected chi connectivity index (χ4v) is 2.54. The average molecular weight is 289 g/mol. The molecule has 0 aliphatic rings. The third kappa shape index (κ3) is 2.21. The molecule has 9 heteroatoms. The van der Waals surface area contributed by atoms with Gasteiger partial charge in [0.15, 0.2) is 11.6 Å². The number of benzene rings is 1. The summed E-state index contributed by atoms with van der Waals surface area (Å²) in [5.74, 6) is -4.47. The Morgan fingerprint density at radius 3 is 2.31 bits per heavy atom. The Hall–Kier alpha value is -1.05. The van der Waals surface area contributed by atoms with Gasteiger partial charge in [-0.05, 0) is 6.07 Å². The molecule has 16 heavy (non-hydrogen) atoms. The fourth-order valence-electron chi connectivity index (χ4n) is 0.966. The van der Waals surface area contributed by atoms with E-state index < -0.39 is 42.1 Å². The first-order valence-electron chi connectivity index (χ1n) is 3.55. The number of hydrogen-bond acceptors (Lipinski definition) is 4. The molecule has 0 aliphatic heterocycles. The predicted octanol–water partition coefficient (Wildman–Crippen LogP) is 1.81. The topological polar surface area (TPSA) is 91.7 Å². The fraction of sp³-hybridized carbons (Fsp3) is 0. The first kappa shape index (κ1) is 13.0. The molecule has 0 saturated carbocycles. The lowest BCUT2D eigenvalue weighted by Crippen LogP contribution is -2.04. The summed E-state index contributed by atoms with van der Waals surface area (Å²) in [4.78, 5) is 9.71. The average Bonchev–Trinajstić information content (AvgIpc) is 2.09. The van der Waals surface area contributed by atoms with Gasteiger partial charge in [-0.15, -0.1) is 0 Å². The zero-order valence-corrected chi connectivity index (χ0v) is 9.57. The van der Waals surface area contributed by atoms with E-state index in [0.29, 0.717) is 6.07 Å². The van der Waals surface area contributed by atoms with Gasteiger partial charge in [0.05, 0.1) is 5.02 Å². The van der Waals surface area contributed by atoms with Crippen LogP contribution in [-0.2, 0) is 9.05 Å². The van der Waals surface area contributed by atoms with Gasteiger partial charge in [0.1, 0.15) is 10.5 Å². The minimum Gasteiger partial charge on any atom is -0.504 e. The van der Waals surface area contributed by atoms with Crippen molar-refractivity contribution < 1.29 is 27.8 Å². The quantitative estimate of drug-likeness (QED) is 0.810. The van der Waals surface area contributed by atoms with E-state index in [4.69, 9.17) is 32.5 Å². The van der Waals surface area contributed by atoms with Gasteiger partial charge in [0, 0.05) is 10.7 Å². The van der Waals surface area contributed by atoms with E-state index in [-0.39, 0.29) is 0 Å². The minimum absolute atomic E-state index is 0.340. The molecule has 1 aromatic carbocycles. The Bertz CT molecular complexity index is 569. The highest BCUT2D eigenvalue weighted by molar-refractivity contribution is 8.13. The molecular formula is C7H3Cl2FO5S. The second-order valence-electron chi connectivity index (χ2n) is 2.64. The first-order valence-corrected chi connectivity index (χ1v) is 6.24. The summed E-state index contributed by atoms with van der Waals surface area (Å²) in [5.41, 5.74) is -1.05. The summed E-state index contributed by atoms with van der Waals surface area (Å²) in [6.07, 6.45) is 0. The highest BCUT2D eigenvalue weighted by atomic mass is 35.7. The summed E-state index contributed by atoms with van der Waals surface area (Å²) in [5, 5.41) is 16.8. The van der Waals surface area contributed by atoms with Crippen molar-refractivity contribution in [1.29, 1.82) is 0 Å². The molecule has 0 unspecified atom stereocenters. The first-order chi connectivity index (χ1) is 7.16. The molecule has 0 aliphatic carbocycles. The SMILES string of the molecule is O=C(O)c1c(O)c(F)cc(S(=O)(=O)Cl)c1Cl. The molecule has 1 rings (SSSR count). The van der Waals surface area contributed by atoms with Crippen LogP contribution in [0.15, 0.2) is 11.0 Å². The molecule has 0 radical (unpaired) electrons. The molecule has 2 N–H and O–H groups in total. The van der Waals surface area contributed by atoms with Crippen LogP contribution in [0.5, 0.6) is 5.75 Å². The van der Waals surface area contributed by atoms with Crippen LogP contribution in [0.3, 0.4) is 0 Å². The Labute approximate surface area is 98.4 Å². The Morgan fingerprint density at radius 1 is 1.44 bits per heavy atom. The van der Waals surface area contributed by atoms with Crippen molar-refractivity contribution in [1.82, 2.24) is 0 Å². The number of rotatable bonds is 2. The van der Waals surface area contributed by atoms with E-state index in [0.717, 1.165) is 0 Å². The number of carboxylic acid groups (broad SMARTS) is 1. The van der Waals surface area contributed by atoms with Crippen molar-refractivity contribution in [2.45, 2.75) is 4.90 Å². The smallest absolute Gasteiger partial charge is 0.341 e. The second-order valence-corrected chi connectivity index (χ2v) is 5.55. The minimum atomic E-state index is -4.40. The molecule has 0 saturated heterocycles. The maximum Gasteiger partial charge on any atom is 0.341 e. The third-order valence-corrected chi connectivity index (χ3v) is 3.48. The summed E-state index contributed by atoms with van der Waals surface area (Å²) < 4.78 is 34.9. The number of carboxylic acids is 1. The predicted molar refractivity (Wildman–Crippen MR) is 53.1 cm³/mol. The molecule has 0 aromatic heterocycles. The van der Waals surface area contributed by atoms with Crippen molar-refractivity contribution in [3.63, 3.8) is 0 Å². The van der Waals surface area contributed by atoms with Crippen molar-refractivity contribution >= 4 is 37.3 Å². The molecule has 0 atom stereocenters. The van der Waals surface area contributed by atoms with Gasteiger partial charge in [0.2, 0.25) is 0 Å². The molecule has 1 aromatic rings. The maximum atomic E-state index is 13.0. The maximum absolute atomic E-state index is 13.0. The molecule has 0 fully saturated rings. The number of aromatic carboxylic acids is 1. The Morgan fingerprint density at radius 2 is 1.94 bits per heavy atom. The number of halogens is 3. The van der Waals surface area contributed by atoms with Crippen molar-refractivity contribution in [3.05, 3.63) is 22.5 Å². The van der Waals surface area contributed by atoms with Gasteiger partial charge in [-0.25, -0.2) is 17.6 Å².